The van der Waals surface area contributed by atoms with Crippen molar-refractivity contribution in [1.29, 1.82) is 0 Å². The van der Waals surface area contributed by atoms with Crippen molar-refractivity contribution in [3.63, 3.8) is 0 Å². The van der Waals surface area contributed by atoms with Gasteiger partial charge in [0.25, 0.3) is 0 Å². The van der Waals surface area contributed by atoms with Crippen LogP contribution in [0.5, 0.6) is 0 Å². The first-order chi connectivity index (χ1) is 11.8. The average molecular weight is 358 g/mol. The van der Waals surface area contributed by atoms with Crippen molar-refractivity contribution in [2.75, 3.05) is 26.4 Å². The van der Waals surface area contributed by atoms with E-state index in [-0.39, 0.29) is 37.0 Å². The number of aliphatic hydroxyl groups is 1. The zero-order valence-electron chi connectivity index (χ0n) is 16.0. The lowest BCUT2D eigenvalue weighted by molar-refractivity contribution is -0.152. The number of hydrogen-bond acceptors (Lipinski definition) is 6. The van der Waals surface area contributed by atoms with Gasteiger partial charge in [0.1, 0.15) is 19.3 Å². The van der Waals surface area contributed by atoms with Crippen molar-refractivity contribution in [3.05, 3.63) is 25.3 Å². The molecule has 0 heterocycles. The monoisotopic (exact) mass is 358 g/mol. The minimum atomic E-state index is -0.766. The number of ether oxygens (including phenoxy) is 3. The Morgan fingerprint density at radius 3 is 1.84 bits per heavy atom. The predicted molar refractivity (Wildman–Crippen MR) is 98.0 cm³/mol. The molecule has 6 nitrogen and oxygen atoms in total. The molecule has 25 heavy (non-hydrogen) atoms. The van der Waals surface area contributed by atoms with E-state index in [0.29, 0.717) is 13.2 Å². The van der Waals surface area contributed by atoms with Gasteiger partial charge in [0, 0.05) is 0 Å². The third-order valence-electron chi connectivity index (χ3n) is 3.34. The van der Waals surface area contributed by atoms with Gasteiger partial charge in [-0.1, -0.05) is 46.4 Å². The summed E-state index contributed by atoms with van der Waals surface area (Å²) in [7, 11) is 0. The van der Waals surface area contributed by atoms with Crippen molar-refractivity contribution in [3.8, 4) is 0 Å². The van der Waals surface area contributed by atoms with E-state index in [4.69, 9.17) is 14.2 Å². The second-order valence-electron chi connectivity index (χ2n) is 5.65. The molecule has 0 aliphatic heterocycles. The highest BCUT2D eigenvalue weighted by atomic mass is 16.5. The normalized spacial score (nSPS) is 13.5. The van der Waals surface area contributed by atoms with E-state index in [0.717, 1.165) is 12.8 Å². The lowest BCUT2D eigenvalue weighted by atomic mass is 10.1. The lowest BCUT2D eigenvalue weighted by Crippen LogP contribution is -2.25. The van der Waals surface area contributed by atoms with Crippen molar-refractivity contribution in [2.24, 2.45) is 11.8 Å². The summed E-state index contributed by atoms with van der Waals surface area (Å²) in [6.07, 6.45) is 3.97. The number of esters is 2. The standard InChI is InChI=1S/C11H20O4.C8H14O2/c1-4-6-14-7-10(12)8-15-11(13)9(3)5-2;1-4-6-10-8(9)7(3)5-2/h4,9-10,12H,1,5-8H2,2-3H3;4,7H,1,5-6H2,2-3H3. The number of carbonyl (C=O) groups excluding carboxylic acids is 2. The van der Waals surface area contributed by atoms with Gasteiger partial charge in [-0.15, -0.1) is 6.58 Å². The minimum absolute atomic E-state index is 0.0136. The first-order valence-corrected chi connectivity index (χ1v) is 8.64. The molecule has 0 aliphatic carbocycles. The SMILES string of the molecule is C=CCOC(=O)C(C)CC.C=CCOCC(O)COC(=O)C(C)CC. The molecule has 0 radical (unpaired) electrons. The predicted octanol–water partition coefficient (Wildman–Crippen LogP) is 2.90. The summed E-state index contributed by atoms with van der Waals surface area (Å²) in [6, 6.07) is 0. The van der Waals surface area contributed by atoms with E-state index in [1.807, 2.05) is 20.8 Å². The fourth-order valence-corrected chi connectivity index (χ4v) is 1.27. The molecule has 0 fully saturated rings. The third kappa shape index (κ3) is 15.6. The van der Waals surface area contributed by atoms with Crippen LogP contribution in [-0.4, -0.2) is 49.6 Å². The van der Waals surface area contributed by atoms with Crippen molar-refractivity contribution < 1.29 is 28.9 Å². The molecule has 0 aromatic carbocycles. The van der Waals surface area contributed by atoms with Crippen LogP contribution in [0, 0.1) is 11.8 Å². The molecule has 0 rings (SSSR count). The quantitative estimate of drug-likeness (QED) is 0.328. The lowest BCUT2D eigenvalue weighted by Gasteiger charge is -2.13. The molecule has 6 heteroatoms. The van der Waals surface area contributed by atoms with Gasteiger partial charge in [0.2, 0.25) is 0 Å². The van der Waals surface area contributed by atoms with Crippen LogP contribution >= 0.6 is 0 Å². The van der Waals surface area contributed by atoms with Gasteiger partial charge < -0.3 is 19.3 Å². The Kier molecular flexibility index (Phi) is 17.6. The van der Waals surface area contributed by atoms with Crippen LogP contribution in [0.1, 0.15) is 40.5 Å². The first-order valence-electron chi connectivity index (χ1n) is 8.64. The van der Waals surface area contributed by atoms with Gasteiger partial charge in [0.15, 0.2) is 0 Å². The summed E-state index contributed by atoms with van der Waals surface area (Å²) < 4.78 is 14.7. The van der Waals surface area contributed by atoms with Crippen LogP contribution in [0.3, 0.4) is 0 Å². The Morgan fingerprint density at radius 1 is 0.920 bits per heavy atom. The highest BCUT2D eigenvalue weighted by Crippen LogP contribution is 2.03. The molecular weight excluding hydrogens is 324 g/mol. The summed E-state index contributed by atoms with van der Waals surface area (Å²) in [5.74, 6) is -0.520. The summed E-state index contributed by atoms with van der Waals surface area (Å²) in [6.45, 7) is 15.3. The zero-order valence-corrected chi connectivity index (χ0v) is 16.0. The second kappa shape index (κ2) is 17.2. The molecule has 0 aromatic heterocycles. The van der Waals surface area contributed by atoms with Gasteiger partial charge in [-0.3, -0.25) is 9.59 Å². The topological polar surface area (TPSA) is 82.1 Å². The maximum Gasteiger partial charge on any atom is 0.308 e. The van der Waals surface area contributed by atoms with E-state index in [9.17, 15) is 14.7 Å². The van der Waals surface area contributed by atoms with Gasteiger partial charge >= 0.3 is 11.9 Å². The van der Waals surface area contributed by atoms with E-state index in [1.54, 1.807) is 19.1 Å². The number of aliphatic hydroxyl groups excluding tert-OH is 1. The van der Waals surface area contributed by atoms with Gasteiger partial charge in [0.05, 0.1) is 25.0 Å². The highest BCUT2D eigenvalue weighted by Gasteiger charge is 2.14. The molecule has 0 spiro atoms. The molecule has 0 aliphatic rings. The fourth-order valence-electron chi connectivity index (χ4n) is 1.27. The highest BCUT2D eigenvalue weighted by molar-refractivity contribution is 5.72. The van der Waals surface area contributed by atoms with Crippen LogP contribution in [-0.2, 0) is 23.8 Å². The van der Waals surface area contributed by atoms with Gasteiger partial charge in [-0.25, -0.2) is 0 Å². The Balaban J connectivity index is 0. The number of rotatable bonds is 12. The Morgan fingerprint density at radius 2 is 1.40 bits per heavy atom. The summed E-state index contributed by atoms with van der Waals surface area (Å²) in [5, 5.41) is 9.34. The molecule has 0 bridgehead atoms. The van der Waals surface area contributed by atoms with E-state index in [2.05, 4.69) is 13.2 Å². The van der Waals surface area contributed by atoms with E-state index < -0.39 is 6.10 Å². The van der Waals surface area contributed by atoms with Gasteiger partial charge in [-0.2, -0.15) is 0 Å². The summed E-state index contributed by atoms with van der Waals surface area (Å²) >= 11 is 0. The fraction of sp³-hybridized carbons (Fsp3) is 0.684. The molecule has 0 aromatic rings. The van der Waals surface area contributed by atoms with E-state index >= 15 is 0 Å². The molecule has 3 atom stereocenters. The van der Waals surface area contributed by atoms with Crippen LogP contribution in [0.2, 0.25) is 0 Å². The van der Waals surface area contributed by atoms with Crippen molar-refractivity contribution in [1.82, 2.24) is 0 Å². The van der Waals surface area contributed by atoms with Crippen molar-refractivity contribution in [2.45, 2.75) is 46.6 Å². The number of carbonyl (C=O) groups is 2. The third-order valence-corrected chi connectivity index (χ3v) is 3.34. The maximum atomic E-state index is 11.2. The van der Waals surface area contributed by atoms with Crippen LogP contribution in [0.4, 0.5) is 0 Å². The molecule has 146 valence electrons. The molecule has 3 unspecified atom stereocenters. The Hall–Kier alpha value is -1.66. The summed E-state index contributed by atoms with van der Waals surface area (Å²) in [5.41, 5.74) is 0. The first kappa shape index (κ1) is 25.6. The Bertz CT molecular complexity index is 380. The van der Waals surface area contributed by atoms with Crippen LogP contribution < -0.4 is 0 Å². The van der Waals surface area contributed by atoms with E-state index in [1.165, 1.54) is 0 Å². The number of hydrogen-bond donors (Lipinski definition) is 1. The molecular formula is C19H34O6. The van der Waals surface area contributed by atoms with Crippen molar-refractivity contribution >= 4 is 11.9 Å². The van der Waals surface area contributed by atoms with Gasteiger partial charge in [-0.05, 0) is 12.8 Å². The Labute approximate surface area is 151 Å². The molecule has 0 saturated carbocycles. The molecule has 1 N–H and O–H groups in total. The van der Waals surface area contributed by atoms with Crippen LogP contribution in [0.25, 0.3) is 0 Å². The largest absolute Gasteiger partial charge is 0.463 e. The van der Waals surface area contributed by atoms with Crippen LogP contribution in [0.15, 0.2) is 25.3 Å². The summed E-state index contributed by atoms with van der Waals surface area (Å²) in [4.78, 5) is 22.1. The zero-order chi connectivity index (χ0) is 19.7. The smallest absolute Gasteiger partial charge is 0.308 e. The average Bonchev–Trinajstić information content (AvgIpc) is 2.63. The second-order valence-corrected chi connectivity index (χ2v) is 5.65. The minimum Gasteiger partial charge on any atom is -0.463 e. The molecule has 0 saturated heterocycles. The molecule has 0 amide bonds. The maximum absolute atomic E-state index is 11.2.